The Kier molecular flexibility index (Phi) is 4.67. The molecule has 2 aromatic rings. The maximum Gasteiger partial charge on any atom is 0.265 e. The molecule has 25 heavy (non-hydrogen) atoms. The Labute approximate surface area is 146 Å². The number of ether oxygens (including phenoxy) is 2. The van der Waals surface area contributed by atoms with Gasteiger partial charge in [-0.1, -0.05) is 24.3 Å². The SMILES string of the molecule is C[C@H](NC(=O)[C@@H]1COc2ccccc2O1)c1ccc(S(C)(=O)=O)cc1. The quantitative estimate of drug-likeness (QED) is 0.902. The van der Waals surface area contributed by atoms with E-state index in [0.717, 1.165) is 11.8 Å². The van der Waals surface area contributed by atoms with Gasteiger partial charge in [0.05, 0.1) is 10.9 Å². The molecule has 6 nitrogen and oxygen atoms in total. The first-order chi connectivity index (χ1) is 11.8. The maximum absolute atomic E-state index is 12.4. The van der Waals surface area contributed by atoms with E-state index in [2.05, 4.69) is 5.32 Å². The summed E-state index contributed by atoms with van der Waals surface area (Å²) in [5.41, 5.74) is 0.804. The van der Waals surface area contributed by atoms with E-state index in [1.54, 1.807) is 24.3 Å². The Morgan fingerprint density at radius 3 is 2.40 bits per heavy atom. The van der Waals surface area contributed by atoms with Crippen molar-refractivity contribution in [3.05, 3.63) is 54.1 Å². The second kappa shape index (κ2) is 6.76. The first-order valence-corrected chi connectivity index (χ1v) is 9.72. The van der Waals surface area contributed by atoms with Crippen LogP contribution in [0.1, 0.15) is 18.5 Å². The topological polar surface area (TPSA) is 81.7 Å². The van der Waals surface area contributed by atoms with Gasteiger partial charge < -0.3 is 14.8 Å². The minimum atomic E-state index is -3.24. The fourth-order valence-electron chi connectivity index (χ4n) is 2.54. The third-order valence-corrected chi connectivity index (χ3v) is 5.10. The zero-order valence-electron chi connectivity index (χ0n) is 13.9. The summed E-state index contributed by atoms with van der Waals surface area (Å²) in [6.07, 6.45) is 0.429. The highest BCUT2D eigenvalue weighted by atomic mass is 32.2. The second-order valence-electron chi connectivity index (χ2n) is 5.94. The summed E-state index contributed by atoms with van der Waals surface area (Å²) < 4.78 is 34.2. The van der Waals surface area contributed by atoms with Gasteiger partial charge in [0.15, 0.2) is 21.3 Å². The molecule has 0 fully saturated rings. The van der Waals surface area contributed by atoms with Gasteiger partial charge in [-0.15, -0.1) is 0 Å². The van der Waals surface area contributed by atoms with Crippen molar-refractivity contribution in [2.24, 2.45) is 0 Å². The van der Waals surface area contributed by atoms with Gasteiger partial charge in [-0.2, -0.15) is 0 Å². The third-order valence-electron chi connectivity index (χ3n) is 3.97. The predicted molar refractivity (Wildman–Crippen MR) is 92.5 cm³/mol. The molecule has 0 spiro atoms. The molecule has 1 heterocycles. The Morgan fingerprint density at radius 1 is 1.12 bits per heavy atom. The van der Waals surface area contributed by atoms with Crippen LogP contribution in [0.15, 0.2) is 53.4 Å². The van der Waals surface area contributed by atoms with Crippen molar-refractivity contribution in [3.8, 4) is 11.5 Å². The molecule has 0 saturated heterocycles. The van der Waals surface area contributed by atoms with Crippen molar-refractivity contribution < 1.29 is 22.7 Å². The minimum absolute atomic E-state index is 0.141. The Bertz CT molecular complexity index is 877. The van der Waals surface area contributed by atoms with E-state index in [9.17, 15) is 13.2 Å². The molecular weight excluding hydrogens is 342 g/mol. The average Bonchev–Trinajstić information content (AvgIpc) is 2.60. The average molecular weight is 361 g/mol. The Balaban J connectivity index is 1.65. The molecule has 1 amide bonds. The van der Waals surface area contributed by atoms with Crippen LogP contribution >= 0.6 is 0 Å². The number of rotatable bonds is 4. The molecule has 3 rings (SSSR count). The number of hydrogen-bond acceptors (Lipinski definition) is 5. The molecule has 0 saturated carbocycles. The summed E-state index contributed by atoms with van der Waals surface area (Å²) in [5.74, 6) is 0.879. The number of hydrogen-bond donors (Lipinski definition) is 1. The van der Waals surface area contributed by atoms with Crippen LogP contribution in [0.4, 0.5) is 0 Å². The number of para-hydroxylation sites is 2. The molecule has 7 heteroatoms. The molecule has 2 atom stereocenters. The number of sulfone groups is 1. The van der Waals surface area contributed by atoms with E-state index in [4.69, 9.17) is 9.47 Å². The van der Waals surface area contributed by atoms with Gasteiger partial charge in [-0.25, -0.2) is 8.42 Å². The highest BCUT2D eigenvalue weighted by molar-refractivity contribution is 7.90. The summed E-state index contributed by atoms with van der Waals surface area (Å²) >= 11 is 0. The number of carbonyl (C=O) groups is 1. The summed E-state index contributed by atoms with van der Waals surface area (Å²) in [6.45, 7) is 1.97. The van der Waals surface area contributed by atoms with Crippen LogP contribution < -0.4 is 14.8 Å². The molecule has 0 aliphatic carbocycles. The molecule has 1 aliphatic heterocycles. The van der Waals surface area contributed by atoms with E-state index in [-0.39, 0.29) is 23.5 Å². The Morgan fingerprint density at radius 2 is 1.76 bits per heavy atom. The van der Waals surface area contributed by atoms with Crippen LogP contribution in [-0.2, 0) is 14.6 Å². The van der Waals surface area contributed by atoms with E-state index in [0.29, 0.717) is 11.5 Å². The first-order valence-electron chi connectivity index (χ1n) is 7.83. The van der Waals surface area contributed by atoms with E-state index >= 15 is 0 Å². The normalized spacial score (nSPS) is 17.6. The lowest BCUT2D eigenvalue weighted by Gasteiger charge is -2.26. The fourth-order valence-corrected chi connectivity index (χ4v) is 3.17. The lowest BCUT2D eigenvalue weighted by molar-refractivity contribution is -0.131. The predicted octanol–water partition coefficient (Wildman–Crippen LogP) is 2.11. The molecule has 132 valence electrons. The molecule has 1 N–H and O–H groups in total. The summed E-state index contributed by atoms with van der Waals surface area (Å²) in [7, 11) is -3.24. The maximum atomic E-state index is 12.4. The van der Waals surface area contributed by atoms with Crippen LogP contribution in [0.3, 0.4) is 0 Å². The number of nitrogens with one attached hydrogen (secondary N) is 1. The first kappa shape index (κ1) is 17.3. The Hall–Kier alpha value is -2.54. The molecule has 0 radical (unpaired) electrons. The van der Waals surface area contributed by atoms with Crippen molar-refractivity contribution in [2.75, 3.05) is 12.9 Å². The van der Waals surface area contributed by atoms with E-state index in [1.807, 2.05) is 19.1 Å². The van der Waals surface area contributed by atoms with Gasteiger partial charge >= 0.3 is 0 Å². The second-order valence-corrected chi connectivity index (χ2v) is 7.95. The number of amides is 1. The van der Waals surface area contributed by atoms with Gasteiger partial charge in [0.2, 0.25) is 6.10 Å². The largest absolute Gasteiger partial charge is 0.485 e. The number of benzene rings is 2. The third kappa shape index (κ3) is 3.93. The van der Waals surface area contributed by atoms with Gasteiger partial charge in [0.25, 0.3) is 5.91 Å². The molecule has 1 aliphatic rings. The lowest BCUT2D eigenvalue weighted by Crippen LogP contribution is -2.44. The minimum Gasteiger partial charge on any atom is -0.485 e. The highest BCUT2D eigenvalue weighted by Crippen LogP contribution is 2.31. The van der Waals surface area contributed by atoms with Crippen LogP contribution in [0.25, 0.3) is 0 Å². The van der Waals surface area contributed by atoms with Gasteiger partial charge in [-0.05, 0) is 36.8 Å². The van der Waals surface area contributed by atoms with Crippen LogP contribution in [0.2, 0.25) is 0 Å². The zero-order valence-corrected chi connectivity index (χ0v) is 14.7. The number of carbonyl (C=O) groups excluding carboxylic acids is 1. The monoisotopic (exact) mass is 361 g/mol. The molecule has 0 aromatic heterocycles. The molecule has 2 aromatic carbocycles. The van der Waals surface area contributed by atoms with Crippen molar-refractivity contribution >= 4 is 15.7 Å². The zero-order chi connectivity index (χ0) is 18.0. The van der Waals surface area contributed by atoms with Gasteiger partial charge in [-0.3, -0.25) is 4.79 Å². The van der Waals surface area contributed by atoms with Crippen molar-refractivity contribution in [1.82, 2.24) is 5.32 Å². The van der Waals surface area contributed by atoms with Crippen LogP contribution in [0.5, 0.6) is 11.5 Å². The van der Waals surface area contributed by atoms with Crippen molar-refractivity contribution in [2.45, 2.75) is 24.0 Å². The number of fused-ring (bicyclic) bond motifs is 1. The van der Waals surface area contributed by atoms with Gasteiger partial charge in [0, 0.05) is 6.26 Å². The lowest BCUT2D eigenvalue weighted by atomic mass is 10.1. The summed E-state index contributed by atoms with van der Waals surface area (Å²) in [6, 6.07) is 13.3. The van der Waals surface area contributed by atoms with Gasteiger partial charge in [0.1, 0.15) is 6.61 Å². The molecular formula is C18H19NO5S. The van der Waals surface area contributed by atoms with E-state index in [1.165, 1.54) is 12.1 Å². The van der Waals surface area contributed by atoms with Crippen LogP contribution in [-0.4, -0.2) is 33.3 Å². The van der Waals surface area contributed by atoms with E-state index < -0.39 is 15.9 Å². The van der Waals surface area contributed by atoms with Crippen LogP contribution in [0, 0.1) is 0 Å². The summed E-state index contributed by atoms with van der Waals surface area (Å²) in [5, 5.41) is 2.86. The fraction of sp³-hybridized carbons (Fsp3) is 0.278. The van der Waals surface area contributed by atoms with Crippen molar-refractivity contribution in [3.63, 3.8) is 0 Å². The highest BCUT2D eigenvalue weighted by Gasteiger charge is 2.28. The summed E-state index contributed by atoms with van der Waals surface area (Å²) in [4.78, 5) is 12.7. The molecule has 0 bridgehead atoms. The standard InChI is InChI=1S/C18H19NO5S/c1-12(13-7-9-14(10-8-13)25(2,21)22)19-18(20)17-11-23-15-5-3-4-6-16(15)24-17/h3-10,12,17H,11H2,1-2H3,(H,19,20)/t12-,17-/m0/s1. The smallest absolute Gasteiger partial charge is 0.265 e. The van der Waals surface area contributed by atoms with Crippen molar-refractivity contribution in [1.29, 1.82) is 0 Å². The molecule has 0 unspecified atom stereocenters.